The third-order valence-corrected chi connectivity index (χ3v) is 2.95. The zero-order valence-electron chi connectivity index (χ0n) is 7.96. The second-order valence-corrected chi connectivity index (χ2v) is 4.11. The molecule has 1 aromatic rings. The van der Waals surface area contributed by atoms with E-state index in [-0.39, 0.29) is 13.0 Å². The molecule has 0 radical (unpaired) electrons. The molecule has 2 heterocycles. The van der Waals surface area contributed by atoms with Crippen LogP contribution in [0.25, 0.3) is 0 Å². The van der Waals surface area contributed by atoms with E-state index in [1.54, 1.807) is 12.4 Å². The van der Waals surface area contributed by atoms with Crippen molar-refractivity contribution in [3.8, 4) is 0 Å². The van der Waals surface area contributed by atoms with Crippen molar-refractivity contribution in [1.82, 2.24) is 9.97 Å². The Labute approximate surface area is 94.6 Å². The molecule has 1 aliphatic heterocycles. The zero-order valence-corrected chi connectivity index (χ0v) is 9.54. The molecule has 0 atom stereocenters. The highest BCUT2D eigenvalue weighted by atomic mass is 79.9. The van der Waals surface area contributed by atoms with Gasteiger partial charge in [-0.2, -0.15) is 0 Å². The minimum absolute atomic E-state index is 0.115. The molecular weight excluding hydrogens is 268 g/mol. The first-order chi connectivity index (χ1) is 7.11. The Balaban J connectivity index is 2.11. The zero-order chi connectivity index (χ0) is 10.9. The van der Waals surface area contributed by atoms with E-state index >= 15 is 0 Å². The van der Waals surface area contributed by atoms with Crippen LogP contribution in [0.15, 0.2) is 12.4 Å². The number of hydrogen-bond donors (Lipinski definition) is 0. The molecule has 2 rings (SSSR count). The maximum Gasteiger partial charge on any atom is 0.267 e. The van der Waals surface area contributed by atoms with E-state index in [0.717, 1.165) is 5.56 Å². The van der Waals surface area contributed by atoms with Crippen molar-refractivity contribution in [2.24, 2.45) is 0 Å². The molecule has 1 aromatic heterocycles. The van der Waals surface area contributed by atoms with E-state index in [0.29, 0.717) is 17.8 Å². The van der Waals surface area contributed by atoms with Gasteiger partial charge in [0.25, 0.3) is 5.92 Å². The Morgan fingerprint density at radius 1 is 1.40 bits per heavy atom. The van der Waals surface area contributed by atoms with Crippen LogP contribution < -0.4 is 4.90 Å². The average molecular weight is 278 g/mol. The molecule has 0 amide bonds. The van der Waals surface area contributed by atoms with Gasteiger partial charge in [-0.25, -0.2) is 18.7 Å². The summed E-state index contributed by atoms with van der Waals surface area (Å²) in [7, 11) is 0. The summed E-state index contributed by atoms with van der Waals surface area (Å²) in [6, 6.07) is 0. The first-order valence-electron chi connectivity index (χ1n) is 4.60. The van der Waals surface area contributed by atoms with E-state index in [9.17, 15) is 8.78 Å². The summed E-state index contributed by atoms with van der Waals surface area (Å²) in [6.45, 7) is 0.0430. The highest BCUT2D eigenvalue weighted by molar-refractivity contribution is 9.08. The number of aromatic nitrogens is 2. The summed E-state index contributed by atoms with van der Waals surface area (Å²) < 4.78 is 25.8. The van der Waals surface area contributed by atoms with E-state index < -0.39 is 5.92 Å². The van der Waals surface area contributed by atoms with Crippen molar-refractivity contribution in [2.75, 3.05) is 18.0 Å². The lowest BCUT2D eigenvalue weighted by Crippen LogP contribution is -2.26. The maximum atomic E-state index is 12.9. The number of rotatable bonds is 2. The maximum absolute atomic E-state index is 12.9. The lowest BCUT2D eigenvalue weighted by molar-refractivity contribution is 0.0256. The predicted octanol–water partition coefficient (Wildman–Crippen LogP) is 2.22. The monoisotopic (exact) mass is 277 g/mol. The van der Waals surface area contributed by atoms with Gasteiger partial charge in [0.05, 0.1) is 6.54 Å². The molecule has 1 saturated heterocycles. The fraction of sp³-hybridized carbons (Fsp3) is 0.556. The summed E-state index contributed by atoms with van der Waals surface area (Å²) in [5.74, 6) is -2.21. The smallest absolute Gasteiger partial charge is 0.267 e. The van der Waals surface area contributed by atoms with E-state index in [2.05, 4.69) is 25.9 Å². The molecule has 0 saturated carbocycles. The molecule has 82 valence electrons. The molecule has 3 nitrogen and oxygen atoms in total. The van der Waals surface area contributed by atoms with Gasteiger partial charge < -0.3 is 4.90 Å². The minimum atomic E-state index is -2.60. The van der Waals surface area contributed by atoms with Crippen molar-refractivity contribution >= 4 is 21.9 Å². The SMILES string of the molecule is FC1(F)CCN(c2ncc(CBr)cn2)C1. The molecule has 0 aliphatic carbocycles. The van der Waals surface area contributed by atoms with E-state index in [1.807, 2.05) is 0 Å². The highest BCUT2D eigenvalue weighted by Crippen LogP contribution is 2.28. The van der Waals surface area contributed by atoms with Gasteiger partial charge in [0.2, 0.25) is 5.95 Å². The molecule has 0 unspecified atom stereocenters. The summed E-state index contributed by atoms with van der Waals surface area (Å²) in [5, 5.41) is 0.670. The number of nitrogens with zero attached hydrogens (tertiary/aromatic N) is 3. The molecule has 0 N–H and O–H groups in total. The Bertz CT molecular complexity index is 342. The summed E-state index contributed by atoms with van der Waals surface area (Å²) in [6.07, 6.45) is 3.18. The standard InChI is InChI=1S/C9H10BrF2N3/c10-3-7-4-13-8(14-5-7)15-2-1-9(11,12)6-15/h4-5H,1-3,6H2. The third kappa shape index (κ3) is 2.42. The van der Waals surface area contributed by atoms with Crippen molar-refractivity contribution in [2.45, 2.75) is 17.7 Å². The topological polar surface area (TPSA) is 29.0 Å². The molecular formula is C9H10BrF2N3. The van der Waals surface area contributed by atoms with E-state index in [4.69, 9.17) is 0 Å². The van der Waals surface area contributed by atoms with Gasteiger partial charge in [0, 0.05) is 30.7 Å². The van der Waals surface area contributed by atoms with Crippen LogP contribution in [-0.2, 0) is 5.33 Å². The van der Waals surface area contributed by atoms with Crippen LogP contribution in [0.3, 0.4) is 0 Å². The Kier molecular flexibility index (Phi) is 2.86. The van der Waals surface area contributed by atoms with Crippen molar-refractivity contribution in [3.63, 3.8) is 0 Å². The van der Waals surface area contributed by atoms with Crippen LogP contribution in [0.1, 0.15) is 12.0 Å². The third-order valence-electron chi connectivity index (χ3n) is 2.30. The van der Waals surface area contributed by atoms with Crippen LogP contribution in [0, 0.1) is 0 Å². The number of halogens is 3. The Morgan fingerprint density at radius 2 is 2.07 bits per heavy atom. The molecule has 15 heavy (non-hydrogen) atoms. The van der Waals surface area contributed by atoms with Crippen LogP contribution in [0.2, 0.25) is 0 Å². The molecule has 1 aliphatic rings. The molecule has 6 heteroatoms. The van der Waals surface area contributed by atoms with Crippen molar-refractivity contribution in [1.29, 1.82) is 0 Å². The molecule has 0 bridgehead atoms. The number of anilines is 1. The number of alkyl halides is 3. The second kappa shape index (κ2) is 4.00. The summed E-state index contributed by atoms with van der Waals surface area (Å²) in [4.78, 5) is 9.61. The Hall–Kier alpha value is -0.780. The minimum Gasteiger partial charge on any atom is -0.335 e. The van der Waals surface area contributed by atoms with Gasteiger partial charge in [-0.3, -0.25) is 0 Å². The van der Waals surface area contributed by atoms with Crippen molar-refractivity contribution < 1.29 is 8.78 Å². The molecule has 1 fully saturated rings. The normalized spacial score (nSPS) is 19.5. The van der Waals surface area contributed by atoms with Gasteiger partial charge in [-0.1, -0.05) is 15.9 Å². The first-order valence-corrected chi connectivity index (χ1v) is 5.72. The fourth-order valence-electron chi connectivity index (χ4n) is 1.49. The van der Waals surface area contributed by atoms with Crippen LogP contribution in [-0.4, -0.2) is 29.0 Å². The van der Waals surface area contributed by atoms with E-state index in [1.165, 1.54) is 4.90 Å². The predicted molar refractivity (Wildman–Crippen MR) is 56.4 cm³/mol. The van der Waals surface area contributed by atoms with Gasteiger partial charge in [0.1, 0.15) is 0 Å². The van der Waals surface area contributed by atoms with Crippen LogP contribution in [0.5, 0.6) is 0 Å². The number of hydrogen-bond acceptors (Lipinski definition) is 3. The summed E-state index contributed by atoms with van der Waals surface area (Å²) in [5.41, 5.74) is 0.935. The fourth-order valence-corrected chi connectivity index (χ4v) is 1.78. The van der Waals surface area contributed by atoms with Gasteiger partial charge >= 0.3 is 0 Å². The lowest BCUT2D eigenvalue weighted by Gasteiger charge is -2.15. The summed E-state index contributed by atoms with van der Waals surface area (Å²) >= 11 is 3.27. The quantitative estimate of drug-likeness (QED) is 0.777. The first kappa shape index (κ1) is 10.7. The average Bonchev–Trinajstić information content (AvgIpc) is 2.59. The van der Waals surface area contributed by atoms with Gasteiger partial charge in [-0.05, 0) is 5.56 Å². The highest BCUT2D eigenvalue weighted by Gasteiger charge is 2.39. The van der Waals surface area contributed by atoms with Gasteiger partial charge in [-0.15, -0.1) is 0 Å². The Morgan fingerprint density at radius 3 is 2.53 bits per heavy atom. The van der Waals surface area contributed by atoms with Crippen LogP contribution in [0.4, 0.5) is 14.7 Å². The lowest BCUT2D eigenvalue weighted by atomic mass is 10.3. The van der Waals surface area contributed by atoms with Crippen molar-refractivity contribution in [3.05, 3.63) is 18.0 Å². The second-order valence-electron chi connectivity index (χ2n) is 3.55. The van der Waals surface area contributed by atoms with Crippen LogP contribution >= 0.6 is 15.9 Å². The molecule has 0 spiro atoms. The largest absolute Gasteiger partial charge is 0.335 e. The van der Waals surface area contributed by atoms with Gasteiger partial charge in [0.15, 0.2) is 0 Å². The molecule has 0 aromatic carbocycles.